The van der Waals surface area contributed by atoms with Crippen LogP contribution in [0.2, 0.25) is 5.02 Å². The van der Waals surface area contributed by atoms with Crippen molar-refractivity contribution in [1.29, 1.82) is 0 Å². The highest BCUT2D eigenvalue weighted by Crippen LogP contribution is 2.23. The molecule has 1 saturated heterocycles. The molecule has 110 valence electrons. The van der Waals surface area contributed by atoms with Crippen molar-refractivity contribution >= 4 is 23.3 Å². The van der Waals surface area contributed by atoms with Gasteiger partial charge in [0.1, 0.15) is 0 Å². The van der Waals surface area contributed by atoms with E-state index < -0.39 is 5.60 Å². The van der Waals surface area contributed by atoms with Crippen molar-refractivity contribution in [1.82, 2.24) is 5.32 Å². The molecule has 5 nitrogen and oxygen atoms in total. The summed E-state index contributed by atoms with van der Waals surface area (Å²) in [5.41, 5.74) is 0.683. The maximum absolute atomic E-state index is 11.8. The minimum absolute atomic E-state index is 0.200. The predicted octanol–water partition coefficient (Wildman–Crippen LogP) is 2.31. The van der Waals surface area contributed by atoms with Gasteiger partial charge in [-0.25, -0.2) is 4.79 Å². The molecule has 1 aliphatic heterocycles. The predicted molar refractivity (Wildman–Crippen MR) is 78.2 cm³/mol. The number of ether oxygens (including phenoxy) is 1. The third-order valence-electron chi connectivity index (χ3n) is 3.37. The van der Waals surface area contributed by atoms with Gasteiger partial charge in [0.2, 0.25) is 0 Å². The summed E-state index contributed by atoms with van der Waals surface area (Å²) in [5.74, 6) is 0. The number of amides is 2. The average Bonchev–Trinajstić information content (AvgIpc) is 2.42. The molecular formula is C14H19ClN2O3. The average molecular weight is 299 g/mol. The zero-order chi connectivity index (χ0) is 14.6. The first-order valence-corrected chi connectivity index (χ1v) is 6.97. The lowest BCUT2D eigenvalue weighted by molar-refractivity contribution is -0.0598. The minimum Gasteiger partial charge on any atom is -0.388 e. The molecule has 0 atom stereocenters. The van der Waals surface area contributed by atoms with Crippen molar-refractivity contribution in [3.05, 3.63) is 28.8 Å². The lowest BCUT2D eigenvalue weighted by Gasteiger charge is -2.32. The van der Waals surface area contributed by atoms with E-state index in [-0.39, 0.29) is 12.6 Å². The van der Waals surface area contributed by atoms with Gasteiger partial charge >= 0.3 is 6.03 Å². The van der Waals surface area contributed by atoms with E-state index in [1.807, 2.05) is 13.0 Å². The maximum Gasteiger partial charge on any atom is 0.319 e. The molecule has 20 heavy (non-hydrogen) atoms. The fourth-order valence-electron chi connectivity index (χ4n) is 2.07. The lowest BCUT2D eigenvalue weighted by Crippen LogP contribution is -2.47. The van der Waals surface area contributed by atoms with Gasteiger partial charge in [0.05, 0.1) is 16.3 Å². The summed E-state index contributed by atoms with van der Waals surface area (Å²) >= 11 is 6.01. The summed E-state index contributed by atoms with van der Waals surface area (Å²) in [4.78, 5) is 11.8. The number of aryl methyl sites for hydroxylation is 1. The number of carbonyl (C=O) groups is 1. The number of halogens is 1. The topological polar surface area (TPSA) is 70.6 Å². The van der Waals surface area contributed by atoms with Crippen LogP contribution in [-0.4, -0.2) is 36.5 Å². The molecule has 0 bridgehead atoms. The van der Waals surface area contributed by atoms with Crippen LogP contribution < -0.4 is 10.6 Å². The lowest BCUT2D eigenvalue weighted by atomic mass is 9.94. The van der Waals surface area contributed by atoms with Crippen LogP contribution in [0.25, 0.3) is 0 Å². The van der Waals surface area contributed by atoms with Gasteiger partial charge in [-0.3, -0.25) is 0 Å². The van der Waals surface area contributed by atoms with Crippen LogP contribution >= 0.6 is 11.6 Å². The molecule has 0 saturated carbocycles. The van der Waals surface area contributed by atoms with E-state index in [1.54, 1.807) is 12.1 Å². The van der Waals surface area contributed by atoms with Crippen LogP contribution in [0.1, 0.15) is 18.4 Å². The Morgan fingerprint density at radius 2 is 2.15 bits per heavy atom. The smallest absolute Gasteiger partial charge is 0.319 e. The molecule has 0 aromatic heterocycles. The molecule has 1 fully saturated rings. The Hall–Kier alpha value is -1.30. The molecule has 1 aromatic carbocycles. The number of anilines is 1. The Morgan fingerprint density at radius 3 is 2.85 bits per heavy atom. The Bertz CT molecular complexity index is 487. The van der Waals surface area contributed by atoms with Gasteiger partial charge in [0.25, 0.3) is 0 Å². The number of hydrogen-bond donors (Lipinski definition) is 3. The van der Waals surface area contributed by atoms with E-state index in [0.717, 1.165) is 5.56 Å². The Balaban J connectivity index is 1.87. The fourth-order valence-corrected chi connectivity index (χ4v) is 2.24. The first-order valence-electron chi connectivity index (χ1n) is 6.60. The zero-order valence-electron chi connectivity index (χ0n) is 11.4. The number of urea groups is 1. The number of rotatable bonds is 3. The van der Waals surface area contributed by atoms with Gasteiger partial charge in [0, 0.05) is 32.6 Å². The highest BCUT2D eigenvalue weighted by molar-refractivity contribution is 6.33. The van der Waals surface area contributed by atoms with Gasteiger partial charge in [-0.1, -0.05) is 17.7 Å². The summed E-state index contributed by atoms with van der Waals surface area (Å²) in [6, 6.07) is 5.03. The quantitative estimate of drug-likeness (QED) is 0.802. The number of carbonyl (C=O) groups excluding carboxylic acids is 1. The van der Waals surface area contributed by atoms with E-state index in [4.69, 9.17) is 16.3 Å². The summed E-state index contributed by atoms with van der Waals surface area (Å²) in [6.45, 7) is 3.16. The zero-order valence-corrected chi connectivity index (χ0v) is 12.2. The summed E-state index contributed by atoms with van der Waals surface area (Å²) in [6.07, 6.45) is 1.05. The molecule has 1 heterocycles. The van der Waals surface area contributed by atoms with Crippen LogP contribution in [0.3, 0.4) is 0 Å². The van der Waals surface area contributed by atoms with Crippen LogP contribution in [0, 0.1) is 6.92 Å². The van der Waals surface area contributed by atoms with Crippen molar-refractivity contribution in [2.75, 3.05) is 25.1 Å². The number of aliphatic hydroxyl groups is 1. The minimum atomic E-state index is -0.883. The molecule has 0 aliphatic carbocycles. The first-order chi connectivity index (χ1) is 9.48. The normalized spacial score (nSPS) is 17.6. The van der Waals surface area contributed by atoms with Crippen molar-refractivity contribution in [2.24, 2.45) is 0 Å². The van der Waals surface area contributed by atoms with E-state index in [1.165, 1.54) is 0 Å². The van der Waals surface area contributed by atoms with Gasteiger partial charge < -0.3 is 20.5 Å². The Morgan fingerprint density at radius 1 is 1.45 bits per heavy atom. The van der Waals surface area contributed by atoms with Gasteiger partial charge in [0.15, 0.2) is 0 Å². The Kier molecular flexibility index (Phi) is 4.86. The number of nitrogens with one attached hydrogen (secondary N) is 2. The molecule has 2 amide bonds. The molecule has 3 N–H and O–H groups in total. The Labute approximate surface area is 123 Å². The fraction of sp³-hybridized carbons (Fsp3) is 0.500. The molecular weight excluding hydrogens is 280 g/mol. The van der Waals surface area contributed by atoms with Crippen molar-refractivity contribution in [2.45, 2.75) is 25.4 Å². The highest BCUT2D eigenvalue weighted by Gasteiger charge is 2.30. The largest absolute Gasteiger partial charge is 0.388 e. The first kappa shape index (κ1) is 15.1. The van der Waals surface area contributed by atoms with Crippen LogP contribution in [0.15, 0.2) is 18.2 Å². The second-order valence-corrected chi connectivity index (χ2v) is 5.53. The highest BCUT2D eigenvalue weighted by atomic mass is 35.5. The molecule has 0 unspecified atom stereocenters. The molecule has 0 spiro atoms. The second-order valence-electron chi connectivity index (χ2n) is 5.13. The summed E-state index contributed by atoms with van der Waals surface area (Å²) in [5, 5.41) is 16.1. The maximum atomic E-state index is 11.8. The third kappa shape index (κ3) is 4.10. The molecule has 2 rings (SSSR count). The van der Waals surface area contributed by atoms with E-state index in [0.29, 0.717) is 36.8 Å². The van der Waals surface area contributed by atoms with E-state index in [9.17, 15) is 9.90 Å². The summed E-state index contributed by atoms with van der Waals surface area (Å²) < 4.78 is 5.19. The molecule has 1 aliphatic rings. The van der Waals surface area contributed by atoms with E-state index in [2.05, 4.69) is 10.6 Å². The van der Waals surface area contributed by atoms with E-state index >= 15 is 0 Å². The molecule has 1 aromatic rings. The summed E-state index contributed by atoms with van der Waals surface area (Å²) in [7, 11) is 0. The van der Waals surface area contributed by atoms with Gasteiger partial charge in [-0.05, 0) is 24.6 Å². The van der Waals surface area contributed by atoms with Crippen LogP contribution in [0.4, 0.5) is 10.5 Å². The van der Waals surface area contributed by atoms with Crippen molar-refractivity contribution < 1.29 is 14.6 Å². The van der Waals surface area contributed by atoms with Crippen LogP contribution in [0.5, 0.6) is 0 Å². The van der Waals surface area contributed by atoms with Gasteiger partial charge in [-0.15, -0.1) is 0 Å². The standard InChI is InChI=1S/C14H19ClN2O3/c1-10-2-3-11(15)12(8-10)17-13(18)16-9-14(19)4-6-20-7-5-14/h2-3,8,19H,4-7,9H2,1H3,(H2,16,17,18). The van der Waals surface area contributed by atoms with Crippen LogP contribution in [-0.2, 0) is 4.74 Å². The molecule has 6 heteroatoms. The SMILES string of the molecule is Cc1ccc(Cl)c(NC(=O)NCC2(O)CCOCC2)c1. The van der Waals surface area contributed by atoms with Crippen molar-refractivity contribution in [3.63, 3.8) is 0 Å². The molecule has 0 radical (unpaired) electrons. The number of hydrogen-bond acceptors (Lipinski definition) is 3. The van der Waals surface area contributed by atoms with Crippen molar-refractivity contribution in [3.8, 4) is 0 Å². The van der Waals surface area contributed by atoms with Gasteiger partial charge in [-0.2, -0.15) is 0 Å². The second kappa shape index (κ2) is 6.43. The third-order valence-corrected chi connectivity index (χ3v) is 3.70. The monoisotopic (exact) mass is 298 g/mol. The number of benzene rings is 1.